The van der Waals surface area contributed by atoms with Gasteiger partial charge in [-0.2, -0.15) is 5.10 Å². The van der Waals surface area contributed by atoms with Crippen molar-refractivity contribution in [3.8, 4) is 0 Å². The normalized spacial score (nSPS) is 14.0. The number of nitrogens with two attached hydrogens (primary N) is 1. The molecule has 0 radical (unpaired) electrons. The Morgan fingerprint density at radius 1 is 0.982 bits per heavy atom. The lowest BCUT2D eigenvalue weighted by molar-refractivity contribution is -0.485. The maximum atomic E-state index is 13.1. The second-order valence-electron chi connectivity index (χ2n) is 12.4. The molecule has 308 valence electrons. The van der Waals surface area contributed by atoms with E-state index in [0.29, 0.717) is 38.8 Å². The first-order valence-electron chi connectivity index (χ1n) is 18.7. The first kappa shape index (κ1) is 48.0. The van der Waals surface area contributed by atoms with Crippen LogP contribution in [0, 0.1) is 16.0 Å². The Kier molecular flexibility index (Phi) is 24.3. The molecular weight excluding hydrogens is 724 g/mol. The van der Waals surface area contributed by atoms with Crippen LogP contribution in [-0.2, 0) is 28.7 Å². The summed E-state index contributed by atoms with van der Waals surface area (Å²) in [6.07, 6.45) is 7.19. The van der Waals surface area contributed by atoms with Crippen LogP contribution in [0.3, 0.4) is 0 Å². The van der Waals surface area contributed by atoms with E-state index in [1.165, 1.54) is 18.2 Å². The molecule has 2 aromatic rings. The zero-order valence-corrected chi connectivity index (χ0v) is 32.9. The van der Waals surface area contributed by atoms with Crippen molar-refractivity contribution in [1.82, 2.24) is 31.6 Å². The second-order valence-corrected chi connectivity index (χ2v) is 12.4. The number of guanidine groups is 1. The van der Waals surface area contributed by atoms with Gasteiger partial charge in [0.2, 0.25) is 24.3 Å². The number of likely N-dealkylation sites (tertiary alicyclic amines) is 1. The number of hydrogen-bond donors (Lipinski definition) is 6. The van der Waals surface area contributed by atoms with Gasteiger partial charge in [-0.25, -0.2) is 14.9 Å². The quantitative estimate of drug-likeness (QED) is 0.0229. The number of nitrogens with one attached hydrogen (secondary N) is 5. The summed E-state index contributed by atoms with van der Waals surface area (Å²) in [7, 11) is 2.81. The van der Waals surface area contributed by atoms with Gasteiger partial charge in [-0.05, 0) is 43.2 Å². The number of nitro groups is 1. The number of benzene rings is 2. The van der Waals surface area contributed by atoms with E-state index in [2.05, 4.69) is 36.9 Å². The zero-order valence-electron chi connectivity index (χ0n) is 32.9. The molecule has 0 bridgehead atoms. The van der Waals surface area contributed by atoms with Crippen molar-refractivity contribution in [2.75, 3.05) is 33.8 Å². The molecule has 0 aliphatic carbocycles. The van der Waals surface area contributed by atoms with Crippen molar-refractivity contribution >= 4 is 42.3 Å². The molecule has 0 saturated carbocycles. The lowest BCUT2D eigenvalue weighted by Gasteiger charge is -2.28. The highest BCUT2D eigenvalue weighted by atomic mass is 16.7. The predicted octanol–water partition coefficient (Wildman–Crippen LogP) is 2.19. The van der Waals surface area contributed by atoms with Crippen molar-refractivity contribution < 1.29 is 33.7 Å². The Morgan fingerprint density at radius 3 is 2.05 bits per heavy atom. The highest BCUT2D eigenvalue weighted by molar-refractivity contribution is 6.06. The van der Waals surface area contributed by atoms with Gasteiger partial charge in [-0.1, -0.05) is 94.3 Å². The average molecular weight is 783 g/mol. The molecule has 0 aromatic heterocycles. The topological polar surface area (TPSA) is 252 Å². The average Bonchev–Trinajstić information content (AvgIpc) is 3.70. The van der Waals surface area contributed by atoms with Gasteiger partial charge in [0.25, 0.3) is 11.9 Å². The van der Waals surface area contributed by atoms with Crippen LogP contribution in [0.1, 0.15) is 82.9 Å². The molecule has 1 saturated heterocycles. The first-order valence-corrected chi connectivity index (χ1v) is 18.7. The van der Waals surface area contributed by atoms with Gasteiger partial charge in [-0.15, -0.1) is 0 Å². The third kappa shape index (κ3) is 17.8. The molecule has 18 nitrogen and oxygen atoms in total. The first-order chi connectivity index (χ1) is 27.0. The fourth-order valence-corrected chi connectivity index (χ4v) is 5.69. The molecular formula is C38H58N10O8. The molecule has 1 aliphatic heterocycles. The van der Waals surface area contributed by atoms with Crippen LogP contribution in [-0.4, -0.2) is 98.1 Å². The van der Waals surface area contributed by atoms with Crippen LogP contribution in [0.5, 0.6) is 0 Å². The molecule has 1 fully saturated rings. The van der Waals surface area contributed by atoms with Gasteiger partial charge >= 0.3 is 5.97 Å². The van der Waals surface area contributed by atoms with Crippen LogP contribution in [0.25, 0.3) is 0 Å². The summed E-state index contributed by atoms with van der Waals surface area (Å²) < 4.78 is 4.76. The minimum absolute atomic E-state index is 0.0695. The predicted molar refractivity (Wildman–Crippen MR) is 213 cm³/mol. The van der Waals surface area contributed by atoms with Gasteiger partial charge in [0.15, 0.2) is 5.03 Å². The molecule has 4 amide bonds. The second kappa shape index (κ2) is 28.4. The molecule has 2 atom stereocenters. The monoisotopic (exact) mass is 782 g/mol. The van der Waals surface area contributed by atoms with Crippen LogP contribution < -0.4 is 32.4 Å². The number of esters is 1. The van der Waals surface area contributed by atoms with E-state index in [1.807, 2.05) is 81.4 Å². The SMILES string of the molecule is CCCC(CCC)C(=O)NC(C(=O)OC)C(=O)N1CCC[C@H]1C(=O)NC/C=N/NC.CCCN/C(N)=N/[N+](=O)[O-].O=CNC(c1ccccc1)c1ccccc1. The van der Waals surface area contributed by atoms with E-state index < -0.39 is 29.0 Å². The summed E-state index contributed by atoms with van der Waals surface area (Å²) in [6, 6.07) is 17.6. The van der Waals surface area contributed by atoms with E-state index in [0.717, 1.165) is 36.8 Å². The Labute approximate surface area is 328 Å². The fourth-order valence-electron chi connectivity index (χ4n) is 5.69. The summed E-state index contributed by atoms with van der Waals surface area (Å²) in [6.45, 7) is 7.03. The van der Waals surface area contributed by atoms with Crippen molar-refractivity contribution in [2.24, 2.45) is 21.9 Å². The van der Waals surface area contributed by atoms with Crippen LogP contribution in [0.4, 0.5) is 0 Å². The summed E-state index contributed by atoms with van der Waals surface area (Å²) in [5, 5.41) is 26.1. The Balaban J connectivity index is 0.000000497. The Morgan fingerprint density at radius 2 is 1.57 bits per heavy atom. The maximum absolute atomic E-state index is 13.1. The van der Waals surface area contributed by atoms with Crippen molar-refractivity contribution in [3.63, 3.8) is 0 Å². The van der Waals surface area contributed by atoms with E-state index in [4.69, 9.17) is 10.5 Å². The van der Waals surface area contributed by atoms with E-state index in [1.54, 1.807) is 7.05 Å². The third-order valence-corrected chi connectivity index (χ3v) is 8.29. The standard InChI is InChI=1S/C20H35N5O5.C14H13NO.C4H10N4O2/c1-5-8-14(9-6-2)17(26)24-16(20(29)30-4)19(28)25-13-7-10-15(25)18(27)22-11-12-23-21-3;16-11-15-14(12-7-3-1-4-8-12)13-9-5-2-6-10-13;1-2-3-6-4(5)7-8(9)10/h12,14-16,21H,5-11,13H2,1-4H3,(H,22,27)(H,24,26);1-11,14H,(H,15,16);2-3H2,1H3,(H3,5,6,7)/b23-12+;;/t15-,16?;;/m0../s1. The molecule has 7 N–H and O–H groups in total. The van der Waals surface area contributed by atoms with Gasteiger partial charge in [-0.3, -0.25) is 19.2 Å². The molecule has 0 spiro atoms. The maximum Gasteiger partial charge on any atom is 0.338 e. The number of carbonyl (C=O) groups excluding carboxylic acids is 5. The number of hydrogen-bond acceptors (Lipinski definition) is 10. The number of carbonyl (C=O) groups is 5. The number of hydrazone groups is 2. The summed E-state index contributed by atoms with van der Waals surface area (Å²) in [5.74, 6) is -2.55. The van der Waals surface area contributed by atoms with Gasteiger partial charge in [0.1, 0.15) is 11.1 Å². The highest BCUT2D eigenvalue weighted by Crippen LogP contribution is 2.21. The zero-order chi connectivity index (χ0) is 41.7. The minimum Gasteiger partial charge on any atom is -0.467 e. The van der Waals surface area contributed by atoms with Crippen molar-refractivity contribution in [1.29, 1.82) is 0 Å². The number of ether oxygens (including phenoxy) is 1. The number of methoxy groups -OCH3 is 1. The minimum atomic E-state index is -1.46. The smallest absolute Gasteiger partial charge is 0.338 e. The molecule has 1 unspecified atom stereocenters. The Bertz CT molecular complexity index is 1500. The van der Waals surface area contributed by atoms with Crippen LogP contribution in [0.15, 0.2) is 70.9 Å². The number of nitrogens with zero attached hydrogens (tertiary/aromatic N) is 4. The molecule has 2 aromatic carbocycles. The van der Waals surface area contributed by atoms with Crippen LogP contribution in [0.2, 0.25) is 0 Å². The van der Waals surface area contributed by atoms with E-state index in [-0.39, 0.29) is 36.3 Å². The van der Waals surface area contributed by atoms with Crippen molar-refractivity contribution in [2.45, 2.75) is 83.8 Å². The lowest BCUT2D eigenvalue weighted by atomic mass is 9.97. The molecule has 18 heteroatoms. The summed E-state index contributed by atoms with van der Waals surface area (Å²) >= 11 is 0. The van der Waals surface area contributed by atoms with Gasteiger partial charge in [0, 0.05) is 32.3 Å². The summed E-state index contributed by atoms with van der Waals surface area (Å²) in [4.78, 5) is 72.3. The van der Waals surface area contributed by atoms with Gasteiger partial charge in [0.05, 0.1) is 19.7 Å². The van der Waals surface area contributed by atoms with E-state index >= 15 is 0 Å². The highest BCUT2D eigenvalue weighted by Gasteiger charge is 2.41. The largest absolute Gasteiger partial charge is 0.467 e. The fraction of sp³-hybridized carbons (Fsp3) is 0.500. The number of rotatable bonds is 19. The van der Waals surface area contributed by atoms with Crippen LogP contribution >= 0.6 is 0 Å². The van der Waals surface area contributed by atoms with Crippen molar-refractivity contribution in [3.05, 3.63) is 81.9 Å². The molecule has 3 rings (SSSR count). The van der Waals surface area contributed by atoms with E-state index in [9.17, 15) is 34.1 Å². The number of amides is 4. The molecule has 1 aliphatic rings. The third-order valence-electron chi connectivity index (χ3n) is 8.29. The van der Waals surface area contributed by atoms with Gasteiger partial charge < -0.3 is 42.1 Å². The lowest BCUT2D eigenvalue weighted by Crippen LogP contribution is -2.57. The molecule has 1 heterocycles. The Hall–Kier alpha value is -6.07. The molecule has 56 heavy (non-hydrogen) atoms. The summed E-state index contributed by atoms with van der Waals surface area (Å²) in [5.41, 5.74) is 9.81.